The van der Waals surface area contributed by atoms with Gasteiger partial charge in [0.2, 0.25) is 0 Å². The molecule has 0 radical (unpaired) electrons. The summed E-state index contributed by atoms with van der Waals surface area (Å²) in [6.07, 6.45) is 5.32. The van der Waals surface area contributed by atoms with Crippen molar-refractivity contribution >= 4 is 11.4 Å². The molecule has 0 amide bonds. The largest absolute Gasteiger partial charge is 0.379 e. The van der Waals surface area contributed by atoms with Crippen molar-refractivity contribution in [2.75, 3.05) is 40.0 Å². The first-order valence-corrected chi connectivity index (χ1v) is 7.78. The molecule has 4 heteroatoms. The molecule has 0 unspecified atom stereocenters. The molecule has 0 aromatic heterocycles. The van der Waals surface area contributed by atoms with Crippen LogP contribution in [-0.2, 0) is 9.47 Å². The number of hydrogen-bond acceptors (Lipinski definition) is 4. The molecule has 0 rings (SSSR count). The van der Waals surface area contributed by atoms with Crippen LogP contribution in [0.5, 0.6) is 0 Å². The first-order chi connectivity index (χ1) is 9.70. The third-order valence-corrected chi connectivity index (χ3v) is 3.07. The Morgan fingerprint density at radius 2 is 1.45 bits per heavy atom. The Morgan fingerprint density at radius 1 is 0.850 bits per heavy atom. The highest BCUT2D eigenvalue weighted by atomic mass is 16.5. The fourth-order valence-electron chi connectivity index (χ4n) is 1.56. The maximum absolute atomic E-state index is 5.50. The summed E-state index contributed by atoms with van der Waals surface area (Å²) in [6, 6.07) is 0. The molecule has 0 heterocycles. The van der Waals surface area contributed by atoms with Gasteiger partial charge in [-0.05, 0) is 39.5 Å². The summed E-state index contributed by atoms with van der Waals surface area (Å²) in [6.45, 7) is 10.2. The zero-order chi connectivity index (χ0) is 15.1. The van der Waals surface area contributed by atoms with E-state index in [1.807, 2.05) is 7.05 Å². The van der Waals surface area contributed by atoms with E-state index < -0.39 is 0 Å². The van der Waals surface area contributed by atoms with Crippen molar-refractivity contribution in [2.24, 2.45) is 9.98 Å². The molecule has 20 heavy (non-hydrogen) atoms. The third-order valence-electron chi connectivity index (χ3n) is 3.07. The van der Waals surface area contributed by atoms with Crippen LogP contribution in [0.25, 0.3) is 0 Å². The predicted octanol–water partition coefficient (Wildman–Crippen LogP) is 3.54. The second-order valence-corrected chi connectivity index (χ2v) is 5.01. The molecule has 0 aliphatic heterocycles. The normalized spacial score (nSPS) is 13.0. The topological polar surface area (TPSA) is 43.2 Å². The molecule has 0 atom stereocenters. The molecule has 0 saturated carbocycles. The monoisotopic (exact) mass is 284 g/mol. The lowest BCUT2D eigenvalue weighted by Crippen LogP contribution is -2.07. The number of rotatable bonds is 13. The van der Waals surface area contributed by atoms with Crippen molar-refractivity contribution in [1.29, 1.82) is 0 Å². The Hall–Kier alpha value is -0.740. The lowest BCUT2D eigenvalue weighted by atomic mass is 10.2. The summed E-state index contributed by atoms with van der Waals surface area (Å²) in [4.78, 5) is 8.69. The van der Waals surface area contributed by atoms with Crippen molar-refractivity contribution in [1.82, 2.24) is 0 Å². The van der Waals surface area contributed by atoms with Crippen LogP contribution in [0.15, 0.2) is 9.98 Å². The van der Waals surface area contributed by atoms with Gasteiger partial charge in [0, 0.05) is 38.2 Å². The van der Waals surface area contributed by atoms with Gasteiger partial charge in [-0.25, -0.2) is 0 Å². The molecular formula is C16H32N2O2. The van der Waals surface area contributed by atoms with Crippen LogP contribution in [0.1, 0.15) is 52.9 Å². The van der Waals surface area contributed by atoms with Crippen molar-refractivity contribution in [3.8, 4) is 0 Å². The minimum atomic E-state index is 0.693. The van der Waals surface area contributed by atoms with E-state index in [0.717, 1.165) is 45.4 Å². The fraction of sp³-hybridized carbons (Fsp3) is 0.875. The fourth-order valence-corrected chi connectivity index (χ4v) is 1.56. The second-order valence-electron chi connectivity index (χ2n) is 5.01. The predicted molar refractivity (Wildman–Crippen MR) is 87.4 cm³/mol. The Morgan fingerprint density at radius 3 is 2.05 bits per heavy atom. The first kappa shape index (κ1) is 19.3. The van der Waals surface area contributed by atoms with E-state index in [1.54, 1.807) is 0 Å². The highest BCUT2D eigenvalue weighted by molar-refractivity contribution is 5.89. The Balaban J connectivity index is 3.33. The second kappa shape index (κ2) is 14.7. The average molecular weight is 284 g/mol. The maximum atomic E-state index is 5.50. The van der Waals surface area contributed by atoms with Crippen molar-refractivity contribution in [3.63, 3.8) is 0 Å². The van der Waals surface area contributed by atoms with Crippen LogP contribution in [0.2, 0.25) is 0 Å². The molecule has 0 N–H and O–H groups in total. The van der Waals surface area contributed by atoms with Gasteiger partial charge in [-0.3, -0.25) is 9.98 Å². The molecule has 0 aliphatic rings. The molecule has 0 bridgehead atoms. The van der Waals surface area contributed by atoms with Gasteiger partial charge < -0.3 is 9.47 Å². The zero-order valence-corrected chi connectivity index (χ0v) is 13.8. The van der Waals surface area contributed by atoms with Gasteiger partial charge in [-0.15, -0.1) is 0 Å². The smallest absolute Gasteiger partial charge is 0.0700 e. The third kappa shape index (κ3) is 13.7. The standard InChI is InChI=1S/C16H32N2O2/c1-5-6-11-19-13-14-20-12-7-10-18-16(3)9-8-15(2)17-4/h5-14H2,1-4H3/b17-15+,18-16+. The van der Waals surface area contributed by atoms with Crippen LogP contribution in [0, 0.1) is 0 Å². The summed E-state index contributed by atoms with van der Waals surface area (Å²) in [5.74, 6) is 0. The maximum Gasteiger partial charge on any atom is 0.0700 e. The summed E-state index contributed by atoms with van der Waals surface area (Å²) < 4.78 is 10.9. The summed E-state index contributed by atoms with van der Waals surface area (Å²) in [7, 11) is 1.84. The van der Waals surface area contributed by atoms with Crippen molar-refractivity contribution in [3.05, 3.63) is 0 Å². The van der Waals surface area contributed by atoms with Crippen LogP contribution < -0.4 is 0 Å². The van der Waals surface area contributed by atoms with Gasteiger partial charge in [-0.2, -0.15) is 0 Å². The molecular weight excluding hydrogens is 252 g/mol. The van der Waals surface area contributed by atoms with E-state index in [4.69, 9.17) is 9.47 Å². The van der Waals surface area contributed by atoms with E-state index >= 15 is 0 Å². The van der Waals surface area contributed by atoms with E-state index in [2.05, 4.69) is 30.8 Å². The Kier molecular flexibility index (Phi) is 14.1. The molecule has 0 aliphatic carbocycles. The first-order valence-electron chi connectivity index (χ1n) is 7.78. The van der Waals surface area contributed by atoms with Gasteiger partial charge >= 0.3 is 0 Å². The Bertz CT molecular complexity index is 276. The molecule has 0 saturated heterocycles. The van der Waals surface area contributed by atoms with E-state index in [0.29, 0.717) is 13.2 Å². The molecule has 0 fully saturated rings. The highest BCUT2D eigenvalue weighted by Crippen LogP contribution is 1.97. The van der Waals surface area contributed by atoms with Gasteiger partial charge in [0.1, 0.15) is 0 Å². The molecule has 118 valence electrons. The van der Waals surface area contributed by atoms with Crippen LogP contribution >= 0.6 is 0 Å². The van der Waals surface area contributed by atoms with Crippen LogP contribution in [-0.4, -0.2) is 51.4 Å². The number of aliphatic imine (C=N–C) groups is 2. The zero-order valence-electron chi connectivity index (χ0n) is 13.8. The number of ether oxygens (including phenoxy) is 2. The van der Waals surface area contributed by atoms with Crippen LogP contribution in [0.4, 0.5) is 0 Å². The summed E-state index contributed by atoms with van der Waals surface area (Å²) >= 11 is 0. The van der Waals surface area contributed by atoms with Crippen molar-refractivity contribution < 1.29 is 9.47 Å². The lowest BCUT2D eigenvalue weighted by Gasteiger charge is -2.05. The summed E-state index contributed by atoms with van der Waals surface area (Å²) in [5.41, 5.74) is 2.39. The quantitative estimate of drug-likeness (QED) is 0.383. The van der Waals surface area contributed by atoms with Gasteiger partial charge in [-0.1, -0.05) is 13.3 Å². The van der Waals surface area contributed by atoms with E-state index in [1.165, 1.54) is 17.8 Å². The lowest BCUT2D eigenvalue weighted by molar-refractivity contribution is 0.0464. The minimum absolute atomic E-state index is 0.693. The Labute approximate surface area is 124 Å². The minimum Gasteiger partial charge on any atom is -0.379 e. The molecule has 0 spiro atoms. The number of unbranched alkanes of at least 4 members (excludes halogenated alkanes) is 1. The van der Waals surface area contributed by atoms with Gasteiger partial charge in [0.25, 0.3) is 0 Å². The highest BCUT2D eigenvalue weighted by Gasteiger charge is 1.95. The van der Waals surface area contributed by atoms with E-state index in [-0.39, 0.29) is 0 Å². The number of nitrogens with zero attached hydrogens (tertiary/aromatic N) is 2. The van der Waals surface area contributed by atoms with Gasteiger partial charge in [0.15, 0.2) is 0 Å². The average Bonchev–Trinajstić information content (AvgIpc) is 2.46. The SMILES string of the molecule is CCCCOCCOCCC/N=C(\C)CC/C(C)=N/C. The van der Waals surface area contributed by atoms with Crippen LogP contribution in [0.3, 0.4) is 0 Å². The number of hydrogen-bond donors (Lipinski definition) is 0. The molecule has 0 aromatic carbocycles. The molecule has 0 aromatic rings. The van der Waals surface area contributed by atoms with Gasteiger partial charge in [0.05, 0.1) is 13.2 Å². The van der Waals surface area contributed by atoms with E-state index in [9.17, 15) is 0 Å². The molecule has 4 nitrogen and oxygen atoms in total. The van der Waals surface area contributed by atoms with Crippen molar-refractivity contribution in [2.45, 2.75) is 52.9 Å². The summed E-state index contributed by atoms with van der Waals surface area (Å²) in [5, 5.41) is 0.